The minimum absolute atomic E-state index is 0.109. The molecule has 35 heavy (non-hydrogen) atoms. The maximum absolute atomic E-state index is 12.5. The Balaban J connectivity index is 1.19. The molecule has 0 radical (unpaired) electrons. The molecular weight excluding hydrogens is 460 g/mol. The van der Waals surface area contributed by atoms with E-state index in [1.54, 1.807) is 6.33 Å². The lowest BCUT2D eigenvalue weighted by Gasteiger charge is -2.12. The van der Waals surface area contributed by atoms with Crippen LogP contribution in [0, 0.1) is 0 Å². The average Bonchev–Trinajstić information content (AvgIpc) is 3.29. The van der Waals surface area contributed by atoms with Gasteiger partial charge in [-0.3, -0.25) is 4.79 Å². The summed E-state index contributed by atoms with van der Waals surface area (Å²) in [5, 5.41) is 17.1. The third-order valence-corrected chi connectivity index (χ3v) is 5.87. The molecule has 0 spiro atoms. The Morgan fingerprint density at radius 3 is 2.57 bits per heavy atom. The van der Waals surface area contributed by atoms with E-state index in [1.807, 2.05) is 89.6 Å². The number of carbonyl (C=O) groups is 1. The standard InChI is InChI=1S/C28H29ClN4O2/c29-24-8-4-5-22(15-24)18-33-19-26(31-20-33)16-28(35)32-25-11-9-21(10-12-25)13-14-30-17-27(34)23-6-2-1-3-7-23/h1-12,15,19-20,27,30,34H,13-14,16-18H2,(H,32,35)/t27-/m0/s1. The predicted octanol–water partition coefficient (Wildman–Crippen LogP) is 4.63. The third-order valence-electron chi connectivity index (χ3n) is 5.63. The van der Waals surface area contributed by atoms with Gasteiger partial charge >= 0.3 is 0 Å². The van der Waals surface area contributed by atoms with Gasteiger partial charge in [-0.25, -0.2) is 4.98 Å². The maximum atomic E-state index is 12.5. The Morgan fingerprint density at radius 2 is 1.80 bits per heavy atom. The number of imidazole rings is 1. The molecule has 1 heterocycles. The van der Waals surface area contributed by atoms with Gasteiger partial charge in [-0.2, -0.15) is 0 Å². The second-order valence-corrected chi connectivity index (χ2v) is 8.91. The van der Waals surface area contributed by atoms with E-state index in [4.69, 9.17) is 11.6 Å². The number of anilines is 1. The number of hydrogen-bond acceptors (Lipinski definition) is 4. The van der Waals surface area contributed by atoms with Crippen LogP contribution in [0.1, 0.15) is 28.5 Å². The van der Waals surface area contributed by atoms with Crippen molar-refractivity contribution in [3.05, 3.63) is 119 Å². The highest BCUT2D eigenvalue weighted by atomic mass is 35.5. The summed E-state index contributed by atoms with van der Waals surface area (Å²) in [5.74, 6) is -0.109. The number of amides is 1. The van der Waals surface area contributed by atoms with Crippen LogP contribution >= 0.6 is 11.6 Å². The van der Waals surface area contributed by atoms with Gasteiger partial charge in [0.2, 0.25) is 5.91 Å². The molecule has 1 amide bonds. The van der Waals surface area contributed by atoms with Crippen molar-refractivity contribution in [2.75, 3.05) is 18.4 Å². The third kappa shape index (κ3) is 7.79. The number of aliphatic hydroxyl groups is 1. The number of nitrogens with one attached hydrogen (secondary N) is 2. The topological polar surface area (TPSA) is 79.2 Å². The second-order valence-electron chi connectivity index (χ2n) is 8.47. The van der Waals surface area contributed by atoms with Crippen LogP contribution in [-0.2, 0) is 24.2 Å². The Hall–Kier alpha value is -3.45. The number of carbonyl (C=O) groups excluding carboxylic acids is 1. The van der Waals surface area contributed by atoms with E-state index in [2.05, 4.69) is 15.6 Å². The van der Waals surface area contributed by atoms with Crippen molar-refractivity contribution in [2.24, 2.45) is 0 Å². The van der Waals surface area contributed by atoms with Crippen LogP contribution in [0.15, 0.2) is 91.4 Å². The lowest BCUT2D eigenvalue weighted by atomic mass is 10.1. The largest absolute Gasteiger partial charge is 0.387 e. The number of nitrogens with zero attached hydrogens (tertiary/aromatic N) is 2. The molecule has 0 aliphatic rings. The molecule has 0 fully saturated rings. The minimum atomic E-state index is -0.517. The molecule has 3 aromatic carbocycles. The zero-order valence-corrected chi connectivity index (χ0v) is 20.2. The van der Waals surface area contributed by atoms with E-state index in [0.717, 1.165) is 35.3 Å². The van der Waals surface area contributed by atoms with Crippen LogP contribution in [-0.4, -0.2) is 33.7 Å². The molecule has 0 saturated heterocycles. The molecule has 0 bridgehead atoms. The normalized spacial score (nSPS) is 11.8. The number of aromatic nitrogens is 2. The lowest BCUT2D eigenvalue weighted by Crippen LogP contribution is -2.23. The Morgan fingerprint density at radius 1 is 1.00 bits per heavy atom. The van der Waals surface area contributed by atoms with Gasteiger partial charge in [0.1, 0.15) is 0 Å². The number of rotatable bonds is 11. The average molecular weight is 489 g/mol. The molecule has 4 aromatic rings. The summed E-state index contributed by atoms with van der Waals surface area (Å²) in [6.07, 6.45) is 4.13. The summed E-state index contributed by atoms with van der Waals surface area (Å²) in [5.41, 5.74) is 4.61. The summed E-state index contributed by atoms with van der Waals surface area (Å²) in [6, 6.07) is 25.1. The van der Waals surface area contributed by atoms with Crippen LogP contribution in [0.5, 0.6) is 0 Å². The quantitative estimate of drug-likeness (QED) is 0.269. The molecule has 1 aromatic heterocycles. The first-order valence-electron chi connectivity index (χ1n) is 11.6. The molecule has 0 aliphatic carbocycles. The molecule has 7 heteroatoms. The molecule has 3 N–H and O–H groups in total. The molecule has 1 atom stereocenters. The van der Waals surface area contributed by atoms with Crippen molar-refractivity contribution in [3.8, 4) is 0 Å². The number of benzene rings is 3. The molecule has 6 nitrogen and oxygen atoms in total. The van der Waals surface area contributed by atoms with E-state index >= 15 is 0 Å². The fourth-order valence-electron chi connectivity index (χ4n) is 3.82. The number of hydrogen-bond donors (Lipinski definition) is 3. The van der Waals surface area contributed by atoms with Crippen molar-refractivity contribution in [2.45, 2.75) is 25.5 Å². The number of aliphatic hydroxyl groups excluding tert-OH is 1. The fourth-order valence-corrected chi connectivity index (χ4v) is 4.03. The maximum Gasteiger partial charge on any atom is 0.230 e. The van der Waals surface area contributed by atoms with E-state index in [1.165, 1.54) is 0 Å². The van der Waals surface area contributed by atoms with Crippen molar-refractivity contribution in [1.29, 1.82) is 0 Å². The molecule has 180 valence electrons. The summed E-state index contributed by atoms with van der Waals surface area (Å²) in [7, 11) is 0. The minimum Gasteiger partial charge on any atom is -0.387 e. The van der Waals surface area contributed by atoms with E-state index < -0.39 is 6.10 Å². The van der Waals surface area contributed by atoms with Crippen LogP contribution in [0.4, 0.5) is 5.69 Å². The summed E-state index contributed by atoms with van der Waals surface area (Å²) >= 11 is 6.05. The predicted molar refractivity (Wildman–Crippen MR) is 140 cm³/mol. The van der Waals surface area contributed by atoms with Crippen LogP contribution in [0.2, 0.25) is 5.02 Å². The first-order chi connectivity index (χ1) is 17.0. The van der Waals surface area contributed by atoms with Gasteiger partial charge in [0, 0.05) is 30.0 Å². The molecule has 4 rings (SSSR count). The molecular formula is C28H29ClN4O2. The Kier molecular flexibility index (Phi) is 8.68. The molecule has 0 aliphatic heterocycles. The van der Waals surface area contributed by atoms with Crippen LogP contribution < -0.4 is 10.6 Å². The van der Waals surface area contributed by atoms with E-state index in [9.17, 15) is 9.90 Å². The summed E-state index contributed by atoms with van der Waals surface area (Å²) in [4.78, 5) is 16.8. The van der Waals surface area contributed by atoms with Gasteiger partial charge in [0.25, 0.3) is 0 Å². The van der Waals surface area contributed by atoms with Gasteiger partial charge in [-0.15, -0.1) is 0 Å². The smallest absolute Gasteiger partial charge is 0.230 e. The zero-order valence-electron chi connectivity index (χ0n) is 19.4. The van der Waals surface area contributed by atoms with E-state index in [-0.39, 0.29) is 12.3 Å². The SMILES string of the molecule is O=C(Cc1cn(Cc2cccc(Cl)c2)cn1)Nc1ccc(CCNC[C@H](O)c2ccccc2)cc1. The highest BCUT2D eigenvalue weighted by Gasteiger charge is 2.08. The van der Waals surface area contributed by atoms with Crippen molar-refractivity contribution in [3.63, 3.8) is 0 Å². The highest BCUT2D eigenvalue weighted by molar-refractivity contribution is 6.30. The monoisotopic (exact) mass is 488 g/mol. The van der Waals surface area contributed by atoms with Gasteiger partial charge in [0.15, 0.2) is 0 Å². The van der Waals surface area contributed by atoms with Crippen LogP contribution in [0.25, 0.3) is 0 Å². The summed E-state index contributed by atoms with van der Waals surface area (Å²) in [6.45, 7) is 1.91. The molecule has 0 unspecified atom stereocenters. The van der Waals surface area contributed by atoms with Gasteiger partial charge in [0.05, 0.1) is 24.5 Å². The highest BCUT2D eigenvalue weighted by Crippen LogP contribution is 2.14. The first kappa shape index (κ1) is 24.7. The van der Waals surface area contributed by atoms with Gasteiger partial charge in [-0.1, -0.05) is 66.2 Å². The first-order valence-corrected chi connectivity index (χ1v) is 12.0. The van der Waals surface area contributed by atoms with Crippen molar-refractivity contribution >= 4 is 23.2 Å². The van der Waals surface area contributed by atoms with Crippen LogP contribution in [0.3, 0.4) is 0 Å². The lowest BCUT2D eigenvalue weighted by molar-refractivity contribution is -0.115. The number of halogens is 1. The Bertz CT molecular complexity index is 1230. The van der Waals surface area contributed by atoms with Gasteiger partial charge < -0.3 is 20.3 Å². The van der Waals surface area contributed by atoms with E-state index in [0.29, 0.717) is 23.8 Å². The fraction of sp³-hybridized carbons (Fsp3) is 0.214. The zero-order chi connectivity index (χ0) is 24.5. The van der Waals surface area contributed by atoms with Crippen molar-refractivity contribution < 1.29 is 9.90 Å². The van der Waals surface area contributed by atoms with Crippen molar-refractivity contribution in [1.82, 2.24) is 14.9 Å². The van der Waals surface area contributed by atoms with Gasteiger partial charge in [-0.05, 0) is 53.9 Å². The molecule has 0 saturated carbocycles. The summed E-state index contributed by atoms with van der Waals surface area (Å²) < 4.78 is 1.94. The Labute approximate surface area is 210 Å². The second kappa shape index (κ2) is 12.3.